The van der Waals surface area contributed by atoms with Crippen molar-refractivity contribution in [3.63, 3.8) is 0 Å². The highest BCUT2D eigenvalue weighted by molar-refractivity contribution is 5.92. The van der Waals surface area contributed by atoms with Crippen LogP contribution in [0.25, 0.3) is 0 Å². The third-order valence-electron chi connectivity index (χ3n) is 3.21. The van der Waals surface area contributed by atoms with E-state index < -0.39 is 0 Å². The lowest BCUT2D eigenvalue weighted by atomic mass is 9.94. The van der Waals surface area contributed by atoms with E-state index in [2.05, 4.69) is 10.3 Å². The zero-order valence-electron chi connectivity index (χ0n) is 10.6. The molecule has 18 heavy (non-hydrogen) atoms. The zero-order chi connectivity index (χ0) is 13.0. The third kappa shape index (κ3) is 3.20. The quantitative estimate of drug-likeness (QED) is 0.840. The lowest BCUT2D eigenvalue weighted by Gasteiger charge is -2.26. The summed E-state index contributed by atoms with van der Waals surface area (Å²) in [5.41, 5.74) is 6.23. The van der Waals surface area contributed by atoms with Gasteiger partial charge in [-0.1, -0.05) is 0 Å². The van der Waals surface area contributed by atoms with Crippen molar-refractivity contribution in [1.29, 1.82) is 0 Å². The summed E-state index contributed by atoms with van der Waals surface area (Å²) >= 11 is 0. The van der Waals surface area contributed by atoms with Gasteiger partial charge in [-0.05, 0) is 31.7 Å². The molecule has 1 aliphatic carbocycles. The molecule has 0 radical (unpaired) electrons. The molecule has 0 saturated heterocycles. The van der Waals surface area contributed by atoms with Gasteiger partial charge in [0.15, 0.2) is 0 Å². The molecule has 1 saturated carbocycles. The molecule has 1 fully saturated rings. The minimum atomic E-state index is -0.203. The Balaban J connectivity index is 1.99. The van der Waals surface area contributed by atoms with Crippen LogP contribution in [0.1, 0.15) is 36.2 Å². The third-order valence-corrected chi connectivity index (χ3v) is 3.21. The second-order valence-corrected chi connectivity index (χ2v) is 4.61. The maximum atomic E-state index is 11.5. The molecule has 0 aliphatic heterocycles. The second kappa shape index (κ2) is 5.82. The number of hydrogen-bond acceptors (Lipinski definition) is 4. The summed E-state index contributed by atoms with van der Waals surface area (Å²) in [7, 11) is 1.58. The van der Waals surface area contributed by atoms with Crippen LogP contribution in [0.15, 0.2) is 18.3 Å². The summed E-state index contributed by atoms with van der Waals surface area (Å²) in [6.45, 7) is 0. The molecular weight excluding hydrogens is 230 g/mol. The van der Waals surface area contributed by atoms with Gasteiger partial charge in [0.25, 0.3) is 5.91 Å². The molecule has 1 aromatic rings. The summed E-state index contributed by atoms with van der Waals surface area (Å²) in [5, 5.41) is 2.54. The smallest absolute Gasteiger partial charge is 0.269 e. The summed E-state index contributed by atoms with van der Waals surface area (Å²) < 4.78 is 5.86. The van der Waals surface area contributed by atoms with Crippen molar-refractivity contribution in [2.24, 2.45) is 5.73 Å². The van der Waals surface area contributed by atoms with Gasteiger partial charge in [0.05, 0.1) is 6.10 Å². The van der Waals surface area contributed by atoms with Crippen molar-refractivity contribution in [3.05, 3.63) is 24.0 Å². The molecule has 0 unspecified atom stereocenters. The first-order valence-corrected chi connectivity index (χ1v) is 6.29. The number of carbonyl (C=O) groups is 1. The van der Waals surface area contributed by atoms with E-state index in [0.29, 0.717) is 17.5 Å². The Kier molecular flexibility index (Phi) is 4.15. The minimum absolute atomic E-state index is 0.199. The molecule has 1 amide bonds. The number of amides is 1. The lowest BCUT2D eigenvalue weighted by Crippen LogP contribution is -2.31. The zero-order valence-corrected chi connectivity index (χ0v) is 10.6. The Hall–Kier alpha value is -1.62. The molecule has 5 nitrogen and oxygen atoms in total. The van der Waals surface area contributed by atoms with E-state index in [1.165, 1.54) is 0 Å². The van der Waals surface area contributed by atoms with Gasteiger partial charge in [-0.15, -0.1) is 0 Å². The van der Waals surface area contributed by atoms with Crippen LogP contribution in [-0.4, -0.2) is 30.1 Å². The predicted molar refractivity (Wildman–Crippen MR) is 68.5 cm³/mol. The standard InChI is InChI=1S/C13H19N3O2/c1-15-13(17)12-8-11(6-7-16-12)18-10-4-2-9(14)3-5-10/h6-10H,2-5,14H2,1H3,(H,15,17). The molecule has 5 heteroatoms. The topological polar surface area (TPSA) is 77.2 Å². The van der Waals surface area contributed by atoms with Crippen LogP contribution in [0.2, 0.25) is 0 Å². The molecule has 98 valence electrons. The number of aromatic nitrogens is 1. The minimum Gasteiger partial charge on any atom is -0.490 e. The number of nitrogens with two attached hydrogens (primary N) is 1. The molecule has 1 heterocycles. The van der Waals surface area contributed by atoms with Gasteiger partial charge < -0.3 is 15.8 Å². The van der Waals surface area contributed by atoms with Gasteiger partial charge in [0.2, 0.25) is 0 Å². The van der Waals surface area contributed by atoms with Gasteiger partial charge in [-0.2, -0.15) is 0 Å². The fraction of sp³-hybridized carbons (Fsp3) is 0.538. The number of ether oxygens (including phenoxy) is 1. The van der Waals surface area contributed by atoms with Crippen LogP contribution in [0.3, 0.4) is 0 Å². The van der Waals surface area contributed by atoms with Crippen LogP contribution in [0.4, 0.5) is 0 Å². The van der Waals surface area contributed by atoms with Gasteiger partial charge in [0, 0.05) is 25.4 Å². The molecule has 0 spiro atoms. The van der Waals surface area contributed by atoms with Gasteiger partial charge >= 0.3 is 0 Å². The highest BCUT2D eigenvalue weighted by Crippen LogP contribution is 2.23. The number of rotatable bonds is 3. The van der Waals surface area contributed by atoms with E-state index in [4.69, 9.17) is 10.5 Å². The summed E-state index contributed by atoms with van der Waals surface area (Å²) in [6, 6.07) is 3.76. The normalized spacial score (nSPS) is 23.4. The number of carbonyl (C=O) groups excluding carboxylic acids is 1. The average Bonchev–Trinajstić information content (AvgIpc) is 2.41. The van der Waals surface area contributed by atoms with Crippen LogP contribution >= 0.6 is 0 Å². The van der Waals surface area contributed by atoms with E-state index >= 15 is 0 Å². The van der Waals surface area contributed by atoms with Crippen molar-refractivity contribution in [3.8, 4) is 5.75 Å². The molecule has 0 aromatic carbocycles. The van der Waals surface area contributed by atoms with Crippen LogP contribution in [0, 0.1) is 0 Å². The van der Waals surface area contributed by atoms with E-state index in [9.17, 15) is 4.79 Å². The number of nitrogens with zero attached hydrogens (tertiary/aromatic N) is 1. The van der Waals surface area contributed by atoms with Crippen molar-refractivity contribution >= 4 is 5.91 Å². The fourth-order valence-corrected chi connectivity index (χ4v) is 2.14. The summed E-state index contributed by atoms with van der Waals surface area (Å²) in [4.78, 5) is 15.5. The van der Waals surface area contributed by atoms with E-state index in [0.717, 1.165) is 25.7 Å². The summed E-state index contributed by atoms with van der Waals surface area (Å²) in [6.07, 6.45) is 5.73. The Labute approximate surface area is 107 Å². The summed E-state index contributed by atoms with van der Waals surface area (Å²) in [5.74, 6) is 0.496. The number of pyridine rings is 1. The van der Waals surface area contributed by atoms with Gasteiger partial charge in [0.1, 0.15) is 11.4 Å². The predicted octanol–water partition coefficient (Wildman–Crippen LogP) is 1.09. The maximum absolute atomic E-state index is 11.5. The molecule has 2 rings (SSSR count). The van der Waals surface area contributed by atoms with Crippen LogP contribution in [-0.2, 0) is 0 Å². The van der Waals surface area contributed by atoms with Gasteiger partial charge in [-0.3, -0.25) is 9.78 Å². The van der Waals surface area contributed by atoms with Gasteiger partial charge in [-0.25, -0.2) is 0 Å². The second-order valence-electron chi connectivity index (χ2n) is 4.61. The lowest BCUT2D eigenvalue weighted by molar-refractivity contribution is 0.0956. The Morgan fingerprint density at radius 3 is 2.83 bits per heavy atom. The Bertz CT molecular complexity index is 414. The van der Waals surface area contributed by atoms with E-state index in [1.54, 1.807) is 25.4 Å². The first kappa shape index (κ1) is 12.8. The average molecular weight is 249 g/mol. The Morgan fingerprint density at radius 1 is 1.44 bits per heavy atom. The number of nitrogens with one attached hydrogen (secondary N) is 1. The first-order valence-electron chi connectivity index (χ1n) is 6.29. The van der Waals surface area contributed by atoms with Crippen LogP contribution in [0.5, 0.6) is 5.75 Å². The van der Waals surface area contributed by atoms with Crippen molar-refractivity contribution in [2.45, 2.75) is 37.8 Å². The van der Waals surface area contributed by atoms with Crippen molar-refractivity contribution in [2.75, 3.05) is 7.05 Å². The maximum Gasteiger partial charge on any atom is 0.269 e. The largest absolute Gasteiger partial charge is 0.490 e. The molecule has 1 aliphatic rings. The Morgan fingerprint density at radius 2 is 2.17 bits per heavy atom. The highest BCUT2D eigenvalue weighted by Gasteiger charge is 2.20. The number of hydrogen-bond donors (Lipinski definition) is 2. The highest BCUT2D eigenvalue weighted by atomic mass is 16.5. The SMILES string of the molecule is CNC(=O)c1cc(OC2CCC(N)CC2)ccn1. The molecule has 3 N–H and O–H groups in total. The first-order chi connectivity index (χ1) is 8.69. The molecule has 0 atom stereocenters. The van der Waals surface area contributed by atoms with Crippen molar-refractivity contribution < 1.29 is 9.53 Å². The van der Waals surface area contributed by atoms with E-state index in [1.807, 2.05) is 0 Å². The molecule has 1 aromatic heterocycles. The van der Waals surface area contributed by atoms with Crippen LogP contribution < -0.4 is 15.8 Å². The molecular formula is C13H19N3O2. The fourth-order valence-electron chi connectivity index (χ4n) is 2.14. The molecule has 0 bridgehead atoms. The van der Waals surface area contributed by atoms with Crippen molar-refractivity contribution in [1.82, 2.24) is 10.3 Å². The van der Waals surface area contributed by atoms with E-state index in [-0.39, 0.29) is 12.0 Å². The monoisotopic (exact) mass is 249 g/mol.